The number of piperidine rings is 1. The van der Waals surface area contributed by atoms with Gasteiger partial charge in [-0.2, -0.15) is 4.98 Å². The van der Waals surface area contributed by atoms with Gasteiger partial charge >= 0.3 is 12.1 Å². The summed E-state index contributed by atoms with van der Waals surface area (Å²) in [7, 11) is 1.73. The van der Waals surface area contributed by atoms with E-state index in [4.69, 9.17) is 9.47 Å². The molecule has 2 aromatic heterocycles. The van der Waals surface area contributed by atoms with Crippen molar-refractivity contribution in [1.29, 1.82) is 0 Å². The summed E-state index contributed by atoms with van der Waals surface area (Å²) in [4.78, 5) is 59.0. The van der Waals surface area contributed by atoms with Crippen LogP contribution in [-0.4, -0.2) is 100 Å². The summed E-state index contributed by atoms with van der Waals surface area (Å²) < 4.78 is 10.5. The van der Waals surface area contributed by atoms with Crippen LogP contribution in [-0.2, 0) is 9.53 Å². The van der Waals surface area contributed by atoms with Crippen LogP contribution in [0.2, 0.25) is 0 Å². The van der Waals surface area contributed by atoms with Crippen molar-refractivity contribution in [1.82, 2.24) is 29.7 Å². The molecule has 0 saturated carbocycles. The second-order valence-corrected chi connectivity index (χ2v) is 8.94. The molecule has 14 nitrogen and oxygen atoms in total. The van der Waals surface area contributed by atoms with Gasteiger partial charge in [0.25, 0.3) is 0 Å². The van der Waals surface area contributed by atoms with Gasteiger partial charge in [0.05, 0.1) is 31.6 Å². The maximum atomic E-state index is 12.8. The number of anilines is 3. The zero-order chi connectivity index (χ0) is 26.9. The van der Waals surface area contributed by atoms with E-state index in [1.807, 2.05) is 11.8 Å². The van der Waals surface area contributed by atoms with Crippen LogP contribution in [0.3, 0.4) is 0 Å². The fourth-order valence-electron chi connectivity index (χ4n) is 4.32. The molecule has 2 fully saturated rings. The maximum Gasteiger partial charge on any atom is 0.412 e. The Morgan fingerprint density at radius 3 is 2.74 bits per heavy atom. The van der Waals surface area contributed by atoms with Crippen LogP contribution in [0.5, 0.6) is 5.88 Å². The molecular weight excluding hydrogens is 494 g/mol. The summed E-state index contributed by atoms with van der Waals surface area (Å²) in [5, 5.41) is 5.37. The van der Waals surface area contributed by atoms with Crippen molar-refractivity contribution in [2.24, 2.45) is 0 Å². The Hall–Kier alpha value is -4.23. The molecule has 4 amide bonds. The minimum absolute atomic E-state index is 0.0853. The summed E-state index contributed by atoms with van der Waals surface area (Å²) in [5.41, 5.74) is 0. The smallest absolute Gasteiger partial charge is 0.412 e. The van der Waals surface area contributed by atoms with Gasteiger partial charge in [0.1, 0.15) is 12.4 Å². The number of carbonyl (C=O) groups is 3. The lowest BCUT2D eigenvalue weighted by Gasteiger charge is -2.37. The fourth-order valence-corrected chi connectivity index (χ4v) is 4.32. The lowest BCUT2D eigenvalue weighted by Crippen LogP contribution is -2.50. The highest BCUT2D eigenvalue weighted by Crippen LogP contribution is 2.21. The molecule has 2 aliphatic rings. The molecule has 0 radical (unpaired) electrons. The van der Waals surface area contributed by atoms with Crippen LogP contribution in [0.4, 0.5) is 27.2 Å². The predicted octanol–water partition coefficient (Wildman–Crippen LogP) is 1.97. The molecule has 0 aliphatic carbocycles. The molecule has 0 bridgehead atoms. The molecule has 2 aliphatic heterocycles. The van der Waals surface area contributed by atoms with Gasteiger partial charge in [0, 0.05) is 39.3 Å². The summed E-state index contributed by atoms with van der Waals surface area (Å²) in [6, 6.07) is 1.19. The van der Waals surface area contributed by atoms with Gasteiger partial charge in [0.2, 0.25) is 17.7 Å². The maximum absolute atomic E-state index is 12.8. The van der Waals surface area contributed by atoms with Gasteiger partial charge in [-0.15, -0.1) is 0 Å². The first-order valence-electron chi connectivity index (χ1n) is 12.7. The first-order chi connectivity index (χ1) is 18.4. The van der Waals surface area contributed by atoms with Gasteiger partial charge in [-0.3, -0.25) is 15.4 Å². The molecular formula is C24H33N9O5. The number of hydrogen-bond donors (Lipinski definition) is 2. The number of amides is 4. The van der Waals surface area contributed by atoms with E-state index < -0.39 is 6.09 Å². The van der Waals surface area contributed by atoms with E-state index in [1.54, 1.807) is 29.1 Å². The molecule has 0 spiro atoms. The number of likely N-dealkylation sites (tertiary alicyclic amines) is 1. The summed E-state index contributed by atoms with van der Waals surface area (Å²) >= 11 is 0. The number of nitrogens with one attached hydrogen (secondary N) is 2. The lowest BCUT2D eigenvalue weighted by atomic mass is 10.1. The Kier molecular flexibility index (Phi) is 9.06. The molecule has 4 rings (SSSR count). The molecule has 14 heteroatoms. The molecule has 38 heavy (non-hydrogen) atoms. The van der Waals surface area contributed by atoms with E-state index in [9.17, 15) is 14.4 Å². The van der Waals surface area contributed by atoms with Crippen LogP contribution >= 0.6 is 0 Å². The van der Waals surface area contributed by atoms with E-state index in [2.05, 4.69) is 30.6 Å². The zero-order valence-corrected chi connectivity index (χ0v) is 21.6. The Labute approximate surface area is 220 Å². The van der Waals surface area contributed by atoms with Gasteiger partial charge in [-0.05, 0) is 32.3 Å². The van der Waals surface area contributed by atoms with Gasteiger partial charge in [-0.25, -0.2) is 24.5 Å². The number of nitrogens with zero attached hydrogens (tertiary/aromatic N) is 7. The highest BCUT2D eigenvalue weighted by atomic mass is 16.5. The SMILES string of the molecule is CCOc1cnc(NC(=O)N(C)[C@@H]2CCCN(c3nccc(NC(=O)OCCN4CCCC4=O)n3)C2)cn1. The van der Waals surface area contributed by atoms with Gasteiger partial charge in [0.15, 0.2) is 5.82 Å². The van der Waals surface area contributed by atoms with Gasteiger partial charge < -0.3 is 24.2 Å². The second-order valence-electron chi connectivity index (χ2n) is 8.94. The first kappa shape index (κ1) is 26.8. The molecule has 204 valence electrons. The van der Waals surface area contributed by atoms with E-state index in [0.29, 0.717) is 62.7 Å². The van der Waals surface area contributed by atoms with Crippen molar-refractivity contribution < 1.29 is 23.9 Å². The minimum atomic E-state index is -0.647. The number of aromatic nitrogens is 4. The molecule has 2 N–H and O–H groups in total. The van der Waals surface area contributed by atoms with Gasteiger partial charge in [-0.1, -0.05) is 0 Å². The van der Waals surface area contributed by atoms with Crippen molar-refractivity contribution in [3.05, 3.63) is 24.7 Å². The Morgan fingerprint density at radius 1 is 1.13 bits per heavy atom. The molecule has 4 heterocycles. The third-order valence-corrected chi connectivity index (χ3v) is 6.34. The monoisotopic (exact) mass is 527 g/mol. The third kappa shape index (κ3) is 7.17. The molecule has 2 saturated heterocycles. The first-order valence-corrected chi connectivity index (χ1v) is 12.7. The van der Waals surface area contributed by atoms with Crippen LogP contribution in [0.25, 0.3) is 0 Å². The Morgan fingerprint density at radius 2 is 2.00 bits per heavy atom. The molecule has 0 unspecified atom stereocenters. The number of likely N-dealkylation sites (N-methyl/N-ethyl adjacent to an activating group) is 1. The van der Waals surface area contributed by atoms with E-state index in [0.717, 1.165) is 19.3 Å². The standard InChI is InChI=1S/C24H33N9O5/c1-3-37-20-15-26-19(14-27-20)29-23(35)31(2)17-6-4-11-33(16-17)22-25-9-8-18(28-22)30-24(36)38-13-12-32-10-5-7-21(32)34/h8-9,14-15,17H,3-7,10-13,16H2,1-2H3,(H,26,29,35)(H,25,28,30,36)/t17-/m1/s1. The second kappa shape index (κ2) is 12.8. The third-order valence-electron chi connectivity index (χ3n) is 6.34. The number of carbonyl (C=O) groups excluding carboxylic acids is 3. The predicted molar refractivity (Wildman–Crippen MR) is 138 cm³/mol. The quantitative estimate of drug-likeness (QED) is 0.494. The van der Waals surface area contributed by atoms with Crippen molar-refractivity contribution in [3.8, 4) is 5.88 Å². The van der Waals surface area contributed by atoms with Crippen molar-refractivity contribution in [2.45, 2.75) is 38.6 Å². The number of rotatable bonds is 9. The summed E-state index contributed by atoms with van der Waals surface area (Å²) in [6.45, 7) is 4.76. The van der Waals surface area contributed by atoms with E-state index >= 15 is 0 Å². The normalized spacial score (nSPS) is 17.2. The van der Waals surface area contributed by atoms with Crippen LogP contribution in [0.15, 0.2) is 24.7 Å². The minimum Gasteiger partial charge on any atom is -0.477 e. The highest BCUT2D eigenvalue weighted by molar-refractivity contribution is 5.88. The highest BCUT2D eigenvalue weighted by Gasteiger charge is 2.28. The van der Waals surface area contributed by atoms with Crippen molar-refractivity contribution >= 4 is 35.6 Å². The fraction of sp³-hybridized carbons (Fsp3) is 0.542. The van der Waals surface area contributed by atoms with Crippen LogP contribution in [0, 0.1) is 0 Å². The number of hydrogen-bond acceptors (Lipinski definition) is 10. The Balaban J connectivity index is 1.27. The van der Waals surface area contributed by atoms with E-state index in [1.165, 1.54) is 12.4 Å². The van der Waals surface area contributed by atoms with E-state index in [-0.39, 0.29) is 24.6 Å². The topological polar surface area (TPSA) is 155 Å². The Bertz CT molecular complexity index is 1120. The zero-order valence-electron chi connectivity index (χ0n) is 21.6. The largest absolute Gasteiger partial charge is 0.477 e. The number of ether oxygens (including phenoxy) is 2. The molecule has 0 aromatic carbocycles. The van der Waals surface area contributed by atoms with Crippen molar-refractivity contribution in [2.75, 3.05) is 62.0 Å². The van der Waals surface area contributed by atoms with Crippen LogP contribution < -0.4 is 20.3 Å². The molecule has 1 atom stereocenters. The average molecular weight is 528 g/mol. The summed E-state index contributed by atoms with van der Waals surface area (Å²) in [6.07, 6.45) is 6.87. The average Bonchev–Trinajstić information content (AvgIpc) is 3.34. The van der Waals surface area contributed by atoms with Crippen molar-refractivity contribution in [3.63, 3.8) is 0 Å². The lowest BCUT2D eigenvalue weighted by molar-refractivity contribution is -0.128. The molecule has 2 aromatic rings. The number of urea groups is 1. The summed E-state index contributed by atoms with van der Waals surface area (Å²) in [5.74, 6) is 1.56. The van der Waals surface area contributed by atoms with Crippen LogP contribution in [0.1, 0.15) is 32.6 Å².